The molecule has 0 radical (unpaired) electrons. The summed E-state index contributed by atoms with van der Waals surface area (Å²) in [5.41, 5.74) is 2.04. The molecule has 144 valence electrons. The standard InChI is InChI=1S/C23H28ClNO2/c1-27-22(26)23(17-20-10-12-21(24)13-11-20)14-6-16-25(18-23)15-5-9-19-7-3-2-4-8-19/h2-4,7-8,10-13H,5-6,9,14-18H2,1H3. The number of halogens is 1. The minimum Gasteiger partial charge on any atom is -0.469 e. The van der Waals surface area contributed by atoms with Gasteiger partial charge in [0.2, 0.25) is 0 Å². The van der Waals surface area contributed by atoms with Crippen LogP contribution in [0.3, 0.4) is 0 Å². The van der Waals surface area contributed by atoms with E-state index in [0.29, 0.717) is 6.42 Å². The van der Waals surface area contributed by atoms with Crippen LogP contribution in [-0.4, -0.2) is 37.6 Å². The predicted molar refractivity (Wildman–Crippen MR) is 110 cm³/mol. The number of methoxy groups -OCH3 is 1. The molecule has 4 heteroatoms. The second-order valence-electron chi connectivity index (χ2n) is 7.54. The molecule has 1 aliphatic rings. The van der Waals surface area contributed by atoms with Crippen LogP contribution < -0.4 is 0 Å². The summed E-state index contributed by atoms with van der Waals surface area (Å²) in [6.45, 7) is 2.82. The number of carbonyl (C=O) groups is 1. The van der Waals surface area contributed by atoms with E-state index in [1.807, 2.05) is 24.3 Å². The maximum absolute atomic E-state index is 12.7. The first kappa shape index (κ1) is 19.9. The number of aryl methyl sites for hydroxylation is 1. The fraction of sp³-hybridized carbons (Fsp3) is 0.435. The van der Waals surface area contributed by atoms with Gasteiger partial charge >= 0.3 is 5.97 Å². The third kappa shape index (κ3) is 5.33. The van der Waals surface area contributed by atoms with E-state index in [9.17, 15) is 4.79 Å². The van der Waals surface area contributed by atoms with Crippen LogP contribution in [-0.2, 0) is 22.4 Å². The number of hydrogen-bond donors (Lipinski definition) is 0. The Labute approximate surface area is 167 Å². The highest BCUT2D eigenvalue weighted by Crippen LogP contribution is 2.35. The first-order chi connectivity index (χ1) is 13.1. The van der Waals surface area contributed by atoms with E-state index in [4.69, 9.17) is 16.3 Å². The van der Waals surface area contributed by atoms with Gasteiger partial charge in [0, 0.05) is 11.6 Å². The van der Waals surface area contributed by atoms with Crippen molar-refractivity contribution in [3.8, 4) is 0 Å². The van der Waals surface area contributed by atoms with Gasteiger partial charge in [-0.25, -0.2) is 0 Å². The average Bonchev–Trinajstić information content (AvgIpc) is 2.70. The summed E-state index contributed by atoms with van der Waals surface area (Å²) < 4.78 is 5.22. The van der Waals surface area contributed by atoms with Crippen LogP contribution in [0.15, 0.2) is 54.6 Å². The number of likely N-dealkylation sites (tertiary alicyclic amines) is 1. The van der Waals surface area contributed by atoms with E-state index in [2.05, 4.69) is 35.2 Å². The second kappa shape index (κ2) is 9.38. The van der Waals surface area contributed by atoms with E-state index in [1.54, 1.807) is 0 Å². The summed E-state index contributed by atoms with van der Waals surface area (Å²) in [7, 11) is 1.50. The Kier molecular flexibility index (Phi) is 6.92. The summed E-state index contributed by atoms with van der Waals surface area (Å²) in [4.78, 5) is 15.2. The fourth-order valence-corrected chi connectivity index (χ4v) is 4.29. The monoisotopic (exact) mass is 385 g/mol. The van der Waals surface area contributed by atoms with E-state index < -0.39 is 5.41 Å². The molecule has 2 aromatic rings. The third-order valence-corrected chi connectivity index (χ3v) is 5.76. The molecule has 2 aromatic carbocycles. The number of piperidine rings is 1. The number of carbonyl (C=O) groups excluding carboxylic acids is 1. The van der Waals surface area contributed by atoms with Crippen molar-refractivity contribution in [3.05, 3.63) is 70.7 Å². The van der Waals surface area contributed by atoms with Gasteiger partial charge in [-0.2, -0.15) is 0 Å². The van der Waals surface area contributed by atoms with Gasteiger partial charge in [0.05, 0.1) is 12.5 Å². The first-order valence-corrected chi connectivity index (χ1v) is 10.1. The number of hydrogen-bond acceptors (Lipinski definition) is 3. The SMILES string of the molecule is COC(=O)C1(Cc2ccc(Cl)cc2)CCCN(CCCc2ccccc2)C1. The Balaban J connectivity index is 1.64. The van der Waals surface area contributed by atoms with Gasteiger partial charge in [0.1, 0.15) is 0 Å². The van der Waals surface area contributed by atoms with E-state index in [-0.39, 0.29) is 5.97 Å². The zero-order valence-corrected chi connectivity index (χ0v) is 16.8. The molecule has 0 N–H and O–H groups in total. The third-order valence-electron chi connectivity index (χ3n) is 5.51. The highest BCUT2D eigenvalue weighted by atomic mass is 35.5. The molecule has 3 rings (SSSR count). The molecule has 0 bridgehead atoms. The Hall–Kier alpha value is -1.84. The summed E-state index contributed by atoms with van der Waals surface area (Å²) in [6, 6.07) is 18.4. The maximum atomic E-state index is 12.7. The van der Waals surface area contributed by atoms with Gasteiger partial charge in [-0.15, -0.1) is 0 Å². The van der Waals surface area contributed by atoms with Gasteiger partial charge in [-0.3, -0.25) is 4.79 Å². The second-order valence-corrected chi connectivity index (χ2v) is 7.98. The molecule has 1 saturated heterocycles. The van der Waals surface area contributed by atoms with Crippen molar-refractivity contribution >= 4 is 17.6 Å². The van der Waals surface area contributed by atoms with Gasteiger partial charge in [0.15, 0.2) is 0 Å². The fourth-order valence-electron chi connectivity index (χ4n) is 4.16. The molecule has 1 atom stereocenters. The summed E-state index contributed by atoms with van der Waals surface area (Å²) >= 11 is 6.01. The number of rotatable bonds is 7. The van der Waals surface area contributed by atoms with E-state index in [0.717, 1.165) is 55.9 Å². The van der Waals surface area contributed by atoms with E-state index in [1.165, 1.54) is 12.7 Å². The number of esters is 1. The highest BCUT2D eigenvalue weighted by molar-refractivity contribution is 6.30. The zero-order valence-electron chi connectivity index (χ0n) is 16.0. The smallest absolute Gasteiger partial charge is 0.313 e. The van der Waals surface area contributed by atoms with Gasteiger partial charge < -0.3 is 9.64 Å². The molecule has 0 spiro atoms. The first-order valence-electron chi connectivity index (χ1n) is 9.70. The van der Waals surface area contributed by atoms with Gasteiger partial charge in [0.25, 0.3) is 0 Å². The van der Waals surface area contributed by atoms with Crippen LogP contribution in [0, 0.1) is 5.41 Å². The lowest BCUT2D eigenvalue weighted by Crippen LogP contribution is -2.49. The Morgan fingerprint density at radius 1 is 1.11 bits per heavy atom. The van der Waals surface area contributed by atoms with Crippen molar-refractivity contribution in [2.45, 2.75) is 32.1 Å². The lowest BCUT2D eigenvalue weighted by molar-refractivity contribution is -0.156. The Morgan fingerprint density at radius 3 is 2.56 bits per heavy atom. The molecule has 3 nitrogen and oxygen atoms in total. The summed E-state index contributed by atoms with van der Waals surface area (Å²) in [5.74, 6) is -0.0924. The zero-order chi connectivity index (χ0) is 19.1. The average molecular weight is 386 g/mol. The predicted octanol–water partition coefficient (Wildman–Crippen LogP) is 4.77. The van der Waals surface area contributed by atoms with E-state index >= 15 is 0 Å². The van der Waals surface area contributed by atoms with Crippen LogP contribution in [0.1, 0.15) is 30.4 Å². The molecule has 0 amide bonds. The molecule has 1 aliphatic heterocycles. The highest BCUT2D eigenvalue weighted by Gasteiger charge is 2.43. The number of benzene rings is 2. The summed E-state index contributed by atoms with van der Waals surface area (Å²) in [6.07, 6.45) is 4.76. The van der Waals surface area contributed by atoms with Crippen molar-refractivity contribution in [2.75, 3.05) is 26.7 Å². The lowest BCUT2D eigenvalue weighted by Gasteiger charge is -2.41. The van der Waals surface area contributed by atoms with Crippen LogP contribution >= 0.6 is 11.6 Å². The molecule has 1 heterocycles. The molecule has 0 aromatic heterocycles. The molecule has 1 fully saturated rings. The van der Waals surface area contributed by atoms with Crippen molar-refractivity contribution < 1.29 is 9.53 Å². The maximum Gasteiger partial charge on any atom is 0.313 e. The van der Waals surface area contributed by atoms with Gasteiger partial charge in [-0.05, 0) is 68.5 Å². The summed E-state index contributed by atoms with van der Waals surface area (Å²) in [5, 5.41) is 0.719. The van der Waals surface area contributed by atoms with Gasteiger partial charge in [-0.1, -0.05) is 54.1 Å². The largest absolute Gasteiger partial charge is 0.469 e. The van der Waals surface area contributed by atoms with Crippen molar-refractivity contribution in [1.82, 2.24) is 4.90 Å². The molecular weight excluding hydrogens is 358 g/mol. The minimum absolute atomic E-state index is 0.0924. The molecular formula is C23H28ClNO2. The van der Waals surface area contributed by atoms with Crippen molar-refractivity contribution in [2.24, 2.45) is 5.41 Å². The Bertz CT molecular complexity index is 732. The topological polar surface area (TPSA) is 29.5 Å². The Morgan fingerprint density at radius 2 is 1.85 bits per heavy atom. The molecule has 0 aliphatic carbocycles. The van der Waals surface area contributed by atoms with Crippen molar-refractivity contribution in [3.63, 3.8) is 0 Å². The molecule has 1 unspecified atom stereocenters. The normalized spacial score (nSPS) is 20.4. The molecule has 0 saturated carbocycles. The van der Waals surface area contributed by atoms with Crippen molar-refractivity contribution in [1.29, 1.82) is 0 Å². The van der Waals surface area contributed by atoms with Crippen LogP contribution in [0.4, 0.5) is 0 Å². The minimum atomic E-state index is -0.465. The number of nitrogens with zero attached hydrogens (tertiary/aromatic N) is 1. The lowest BCUT2D eigenvalue weighted by atomic mass is 9.75. The molecule has 27 heavy (non-hydrogen) atoms. The van der Waals surface area contributed by atoms with Crippen LogP contribution in [0.25, 0.3) is 0 Å². The number of ether oxygens (including phenoxy) is 1. The quantitative estimate of drug-likeness (QED) is 0.643. The van der Waals surface area contributed by atoms with Crippen LogP contribution in [0.2, 0.25) is 5.02 Å². The van der Waals surface area contributed by atoms with Crippen LogP contribution in [0.5, 0.6) is 0 Å².